The number of nitro groups is 1. The van der Waals surface area contributed by atoms with E-state index >= 15 is 0 Å². The summed E-state index contributed by atoms with van der Waals surface area (Å²) in [6.45, 7) is 7.07. The van der Waals surface area contributed by atoms with Crippen molar-refractivity contribution in [3.05, 3.63) is 64.2 Å². The third-order valence-corrected chi connectivity index (χ3v) is 8.22. The number of nitrogens with one attached hydrogen (secondary N) is 1. The second-order valence-corrected chi connectivity index (χ2v) is 10.5. The molecule has 0 amide bonds. The van der Waals surface area contributed by atoms with E-state index in [1.54, 1.807) is 0 Å². The topological polar surface area (TPSA) is 99.0 Å². The predicted octanol–water partition coefficient (Wildman–Crippen LogP) is 2.61. The van der Waals surface area contributed by atoms with Crippen LogP contribution in [0.5, 0.6) is 0 Å². The summed E-state index contributed by atoms with van der Waals surface area (Å²) >= 11 is 0. The van der Waals surface area contributed by atoms with Gasteiger partial charge in [0.15, 0.2) is 0 Å². The molecule has 2 aliphatic rings. The number of hydrogen-bond acceptors (Lipinski definition) is 7. The first-order valence-corrected chi connectivity index (χ1v) is 12.9. The van der Waals surface area contributed by atoms with E-state index < -0.39 is 14.9 Å². The Labute approximate surface area is 195 Å². The van der Waals surface area contributed by atoms with Gasteiger partial charge >= 0.3 is 0 Å². The molecule has 33 heavy (non-hydrogen) atoms. The van der Waals surface area contributed by atoms with Crippen LogP contribution in [-0.4, -0.2) is 79.8 Å². The lowest BCUT2D eigenvalue weighted by Gasteiger charge is -2.34. The zero-order chi connectivity index (χ0) is 23.3. The van der Waals surface area contributed by atoms with Crippen LogP contribution in [-0.2, 0) is 16.6 Å². The van der Waals surface area contributed by atoms with Gasteiger partial charge in [-0.15, -0.1) is 0 Å². The van der Waals surface area contributed by atoms with Crippen LogP contribution in [0.2, 0.25) is 0 Å². The molecule has 2 aromatic rings. The first kappa shape index (κ1) is 23.6. The Morgan fingerprint density at radius 1 is 0.909 bits per heavy atom. The SMILES string of the molecule is O=[N+]([O-])c1cc(S(=O)(=O)N2CCCC2)ccc1NCCN1CCN(Cc2ccccc2)CC1. The van der Waals surface area contributed by atoms with Crippen LogP contribution < -0.4 is 5.32 Å². The van der Waals surface area contributed by atoms with Crippen molar-refractivity contribution in [2.24, 2.45) is 0 Å². The fourth-order valence-electron chi connectivity index (χ4n) is 4.41. The minimum absolute atomic E-state index is 0.0174. The maximum atomic E-state index is 12.8. The number of hydrogen-bond donors (Lipinski definition) is 1. The average Bonchev–Trinajstić information content (AvgIpc) is 3.37. The van der Waals surface area contributed by atoms with E-state index in [1.807, 2.05) is 6.07 Å². The van der Waals surface area contributed by atoms with Gasteiger partial charge in [0.25, 0.3) is 5.69 Å². The second-order valence-electron chi connectivity index (χ2n) is 8.58. The summed E-state index contributed by atoms with van der Waals surface area (Å²) in [5.74, 6) is 0. The molecule has 2 heterocycles. The highest BCUT2D eigenvalue weighted by Crippen LogP contribution is 2.30. The van der Waals surface area contributed by atoms with E-state index in [4.69, 9.17) is 0 Å². The quantitative estimate of drug-likeness (QED) is 0.441. The summed E-state index contributed by atoms with van der Waals surface area (Å²) in [4.78, 5) is 15.9. The van der Waals surface area contributed by atoms with Crippen LogP contribution in [0.25, 0.3) is 0 Å². The minimum Gasteiger partial charge on any atom is -0.378 e. The molecule has 9 nitrogen and oxygen atoms in total. The van der Waals surface area contributed by atoms with Crippen LogP contribution in [0.4, 0.5) is 11.4 Å². The molecule has 0 spiro atoms. The van der Waals surface area contributed by atoms with E-state index in [0.29, 0.717) is 25.3 Å². The molecule has 0 saturated carbocycles. The maximum Gasteiger partial charge on any atom is 0.293 e. The van der Waals surface area contributed by atoms with Gasteiger partial charge < -0.3 is 5.32 Å². The van der Waals surface area contributed by atoms with Crippen molar-refractivity contribution in [2.75, 3.05) is 57.7 Å². The van der Waals surface area contributed by atoms with Crippen molar-refractivity contribution in [1.29, 1.82) is 0 Å². The number of nitro benzene ring substituents is 1. The standard InChI is InChI=1S/C23H31N5O4S/c29-28(30)23-18-21(33(31,32)27-11-4-5-12-27)8-9-22(23)24-10-13-25-14-16-26(17-15-25)19-20-6-2-1-3-7-20/h1-3,6-9,18,24H,4-5,10-17,19H2. The third-order valence-electron chi connectivity index (χ3n) is 6.33. The summed E-state index contributed by atoms with van der Waals surface area (Å²) in [6.07, 6.45) is 1.64. The lowest BCUT2D eigenvalue weighted by atomic mass is 10.2. The van der Waals surface area contributed by atoms with Gasteiger partial charge in [0.05, 0.1) is 9.82 Å². The van der Waals surface area contributed by atoms with Gasteiger partial charge in [0, 0.05) is 65.0 Å². The van der Waals surface area contributed by atoms with Crippen molar-refractivity contribution < 1.29 is 13.3 Å². The van der Waals surface area contributed by atoms with Gasteiger partial charge in [-0.25, -0.2) is 8.42 Å². The van der Waals surface area contributed by atoms with Crippen molar-refractivity contribution >= 4 is 21.4 Å². The Bertz CT molecular complexity index is 1050. The molecule has 4 rings (SSSR count). The monoisotopic (exact) mass is 473 g/mol. The summed E-state index contributed by atoms with van der Waals surface area (Å²) < 4.78 is 26.9. The molecule has 178 valence electrons. The maximum absolute atomic E-state index is 12.8. The largest absolute Gasteiger partial charge is 0.378 e. The number of sulfonamides is 1. The third kappa shape index (κ3) is 5.89. The fraction of sp³-hybridized carbons (Fsp3) is 0.478. The van der Waals surface area contributed by atoms with Gasteiger partial charge in [-0.3, -0.25) is 19.9 Å². The molecule has 0 atom stereocenters. The lowest BCUT2D eigenvalue weighted by Crippen LogP contribution is -2.47. The first-order chi connectivity index (χ1) is 15.9. The van der Waals surface area contributed by atoms with Crippen molar-refractivity contribution in [3.63, 3.8) is 0 Å². The Morgan fingerprint density at radius 3 is 2.24 bits per heavy atom. The van der Waals surface area contributed by atoms with Crippen molar-refractivity contribution in [2.45, 2.75) is 24.3 Å². The summed E-state index contributed by atoms with van der Waals surface area (Å²) in [5, 5.41) is 14.8. The normalized spacial score (nSPS) is 18.4. The highest BCUT2D eigenvalue weighted by molar-refractivity contribution is 7.89. The second kappa shape index (κ2) is 10.6. The summed E-state index contributed by atoms with van der Waals surface area (Å²) in [5.41, 5.74) is 1.46. The van der Waals surface area contributed by atoms with Crippen LogP contribution in [0.3, 0.4) is 0 Å². The molecule has 2 aliphatic heterocycles. The smallest absolute Gasteiger partial charge is 0.293 e. The van der Waals surface area contributed by atoms with Crippen molar-refractivity contribution in [3.8, 4) is 0 Å². The summed E-state index contributed by atoms with van der Waals surface area (Å²) in [7, 11) is -3.69. The van der Waals surface area contributed by atoms with Crippen molar-refractivity contribution in [1.82, 2.24) is 14.1 Å². The molecular formula is C23H31N5O4S. The molecule has 2 saturated heterocycles. The summed E-state index contributed by atoms with van der Waals surface area (Å²) in [6, 6.07) is 14.6. The molecule has 0 unspecified atom stereocenters. The van der Waals surface area contributed by atoms with E-state index in [-0.39, 0.29) is 10.6 Å². The number of nitrogens with zero attached hydrogens (tertiary/aromatic N) is 4. The molecule has 2 aromatic carbocycles. The van der Waals surface area contributed by atoms with Crippen LogP contribution >= 0.6 is 0 Å². The van der Waals surface area contributed by atoms with E-state index in [0.717, 1.165) is 52.1 Å². The van der Waals surface area contributed by atoms with Gasteiger partial charge in [-0.2, -0.15) is 4.31 Å². The number of rotatable bonds is 9. The Morgan fingerprint density at radius 2 is 1.58 bits per heavy atom. The Hall–Kier alpha value is -2.53. The van der Waals surface area contributed by atoms with Gasteiger partial charge in [-0.05, 0) is 30.5 Å². The fourth-order valence-corrected chi connectivity index (χ4v) is 5.95. The Balaban J connectivity index is 1.30. The molecule has 10 heteroatoms. The van der Waals surface area contributed by atoms with Crippen LogP contribution in [0.15, 0.2) is 53.4 Å². The Kier molecular flexibility index (Phi) is 7.59. The number of benzene rings is 2. The van der Waals surface area contributed by atoms with Gasteiger partial charge in [-0.1, -0.05) is 30.3 Å². The average molecular weight is 474 g/mol. The number of piperazine rings is 1. The zero-order valence-corrected chi connectivity index (χ0v) is 19.5. The van der Waals surface area contributed by atoms with Crippen LogP contribution in [0.1, 0.15) is 18.4 Å². The lowest BCUT2D eigenvalue weighted by molar-refractivity contribution is -0.384. The van der Waals surface area contributed by atoms with Gasteiger partial charge in [0.2, 0.25) is 10.0 Å². The zero-order valence-electron chi connectivity index (χ0n) is 18.7. The molecular weight excluding hydrogens is 442 g/mol. The van der Waals surface area contributed by atoms with E-state index in [9.17, 15) is 18.5 Å². The molecule has 2 fully saturated rings. The first-order valence-electron chi connectivity index (χ1n) is 11.4. The molecule has 0 aromatic heterocycles. The number of anilines is 1. The molecule has 0 bridgehead atoms. The molecule has 1 N–H and O–H groups in total. The van der Waals surface area contributed by atoms with E-state index in [1.165, 1.54) is 28.1 Å². The highest BCUT2D eigenvalue weighted by Gasteiger charge is 2.29. The molecule has 0 radical (unpaired) electrons. The van der Waals surface area contributed by atoms with E-state index in [2.05, 4.69) is 39.4 Å². The molecule has 0 aliphatic carbocycles. The minimum atomic E-state index is -3.69. The van der Waals surface area contributed by atoms with Crippen LogP contribution in [0, 0.1) is 10.1 Å². The van der Waals surface area contributed by atoms with Gasteiger partial charge in [0.1, 0.15) is 5.69 Å². The predicted molar refractivity (Wildman–Crippen MR) is 128 cm³/mol. The highest BCUT2D eigenvalue weighted by atomic mass is 32.2.